The normalized spacial score (nSPS) is 14.5. The number of hydrogen-bond donors (Lipinski definition) is 0. The molecule has 4 heterocycles. The SMILES string of the molecule is CN(C(=O)C=Cc1cc(F)cc(F)c1)c1ccc(Oc2ccc3c(c2)cc(C(=O)N2CCN(Cc4ccc5c(c4)OCO5)CC2)n3C)nc1. The Hall–Kier alpha value is -5.75. The minimum absolute atomic E-state index is 0.0160. The van der Waals surface area contributed by atoms with Crippen LogP contribution in [-0.2, 0) is 18.4 Å². The fourth-order valence-corrected chi connectivity index (χ4v) is 5.99. The molecule has 0 aliphatic carbocycles. The van der Waals surface area contributed by atoms with Crippen molar-refractivity contribution in [3.63, 3.8) is 0 Å². The monoisotopic (exact) mass is 665 g/mol. The lowest BCUT2D eigenvalue weighted by molar-refractivity contribution is -0.113. The summed E-state index contributed by atoms with van der Waals surface area (Å²) in [5, 5.41) is 0.858. The van der Waals surface area contributed by atoms with Crippen molar-refractivity contribution in [2.24, 2.45) is 7.05 Å². The number of amides is 2. The summed E-state index contributed by atoms with van der Waals surface area (Å²) in [5.41, 5.74) is 3.39. The van der Waals surface area contributed by atoms with Crippen molar-refractivity contribution < 1.29 is 32.6 Å². The van der Waals surface area contributed by atoms with Crippen molar-refractivity contribution in [3.8, 4) is 23.1 Å². The van der Waals surface area contributed by atoms with Gasteiger partial charge in [0.25, 0.3) is 11.8 Å². The van der Waals surface area contributed by atoms with Crippen molar-refractivity contribution in [1.29, 1.82) is 0 Å². The van der Waals surface area contributed by atoms with Gasteiger partial charge in [-0.15, -0.1) is 0 Å². The predicted octanol–water partition coefficient (Wildman–Crippen LogP) is 6.01. The number of fused-ring (bicyclic) bond motifs is 2. The molecule has 1 saturated heterocycles. The van der Waals surface area contributed by atoms with E-state index in [1.807, 2.05) is 52.9 Å². The van der Waals surface area contributed by atoms with Gasteiger partial charge in [-0.2, -0.15) is 0 Å². The van der Waals surface area contributed by atoms with E-state index in [0.717, 1.165) is 65.8 Å². The number of carbonyl (C=O) groups excluding carboxylic acids is 2. The summed E-state index contributed by atoms with van der Waals surface area (Å²) in [7, 11) is 3.45. The van der Waals surface area contributed by atoms with Crippen molar-refractivity contribution >= 4 is 34.5 Å². The number of likely N-dealkylation sites (N-methyl/N-ethyl adjacent to an activating group) is 1. The number of halogens is 2. The number of hydrogen-bond acceptors (Lipinski definition) is 7. The molecule has 5 aromatic rings. The van der Waals surface area contributed by atoms with Crippen LogP contribution in [0.3, 0.4) is 0 Å². The highest BCUT2D eigenvalue weighted by Gasteiger charge is 2.25. The van der Waals surface area contributed by atoms with Crippen LogP contribution in [-0.4, -0.2) is 71.2 Å². The van der Waals surface area contributed by atoms with Gasteiger partial charge in [0.15, 0.2) is 11.5 Å². The third-order valence-corrected chi connectivity index (χ3v) is 8.70. The molecule has 12 heteroatoms. The number of rotatable bonds is 8. The molecule has 0 radical (unpaired) electrons. The molecule has 49 heavy (non-hydrogen) atoms. The molecular formula is C37H33F2N5O5. The first-order valence-electron chi connectivity index (χ1n) is 15.8. The van der Waals surface area contributed by atoms with Crippen LogP contribution in [0, 0.1) is 11.6 Å². The summed E-state index contributed by atoms with van der Waals surface area (Å²) in [4.78, 5) is 36.1. The maximum Gasteiger partial charge on any atom is 0.270 e. The van der Waals surface area contributed by atoms with E-state index in [2.05, 4.69) is 16.0 Å². The van der Waals surface area contributed by atoms with Crippen LogP contribution in [0.15, 0.2) is 85.1 Å². The Bertz CT molecular complexity index is 2050. The summed E-state index contributed by atoms with van der Waals surface area (Å²) in [6, 6.07) is 19.8. The van der Waals surface area contributed by atoms with E-state index in [1.165, 1.54) is 23.2 Å². The average Bonchev–Trinajstić information content (AvgIpc) is 3.70. The van der Waals surface area contributed by atoms with Gasteiger partial charge >= 0.3 is 0 Å². The Morgan fingerprint density at radius 1 is 0.918 bits per heavy atom. The van der Waals surface area contributed by atoms with E-state index in [4.69, 9.17) is 14.2 Å². The topological polar surface area (TPSA) is 89.4 Å². The Labute approximate surface area is 281 Å². The number of aryl methyl sites for hydroxylation is 1. The molecular weight excluding hydrogens is 632 g/mol. The lowest BCUT2D eigenvalue weighted by Crippen LogP contribution is -2.48. The number of carbonyl (C=O) groups is 2. The molecule has 0 bridgehead atoms. The zero-order valence-electron chi connectivity index (χ0n) is 26.9. The van der Waals surface area contributed by atoms with Gasteiger partial charge in [-0.3, -0.25) is 14.5 Å². The third kappa shape index (κ3) is 6.95. The molecule has 2 aliphatic heterocycles. The van der Waals surface area contributed by atoms with Crippen molar-refractivity contribution in [3.05, 3.63) is 114 Å². The van der Waals surface area contributed by atoms with E-state index in [0.29, 0.717) is 36.1 Å². The number of aromatic nitrogens is 2. The lowest BCUT2D eigenvalue weighted by atomic mass is 10.1. The van der Waals surface area contributed by atoms with Crippen LogP contribution < -0.4 is 19.1 Å². The molecule has 2 amide bonds. The number of pyridine rings is 1. The molecule has 0 atom stereocenters. The van der Waals surface area contributed by atoms with Crippen LogP contribution in [0.1, 0.15) is 21.6 Å². The molecule has 0 N–H and O–H groups in total. The fraction of sp³-hybridized carbons (Fsp3) is 0.216. The van der Waals surface area contributed by atoms with Crippen LogP contribution in [0.2, 0.25) is 0 Å². The van der Waals surface area contributed by atoms with Gasteiger partial charge in [0.1, 0.15) is 23.1 Å². The number of anilines is 1. The summed E-state index contributed by atoms with van der Waals surface area (Å²) < 4.78 is 45.7. The van der Waals surface area contributed by atoms with Gasteiger partial charge in [-0.1, -0.05) is 6.07 Å². The van der Waals surface area contributed by atoms with Gasteiger partial charge in [0, 0.05) is 75.9 Å². The Balaban J connectivity index is 0.958. The highest BCUT2D eigenvalue weighted by Crippen LogP contribution is 2.33. The number of ether oxygens (including phenoxy) is 3. The molecule has 7 rings (SSSR count). The van der Waals surface area contributed by atoms with Gasteiger partial charge in [-0.05, 0) is 71.8 Å². The van der Waals surface area contributed by atoms with E-state index in [-0.39, 0.29) is 18.3 Å². The van der Waals surface area contributed by atoms with Crippen molar-refractivity contribution in [1.82, 2.24) is 19.4 Å². The second-order valence-corrected chi connectivity index (χ2v) is 12.0. The number of nitrogens with zero attached hydrogens (tertiary/aromatic N) is 5. The zero-order chi connectivity index (χ0) is 34.1. The maximum atomic E-state index is 13.6. The summed E-state index contributed by atoms with van der Waals surface area (Å²) in [6.07, 6.45) is 4.07. The van der Waals surface area contributed by atoms with Crippen LogP contribution >= 0.6 is 0 Å². The molecule has 10 nitrogen and oxygen atoms in total. The molecule has 0 saturated carbocycles. The molecule has 0 unspecified atom stereocenters. The molecule has 3 aromatic carbocycles. The largest absolute Gasteiger partial charge is 0.454 e. The molecule has 2 aliphatic rings. The standard InChI is InChI=1S/C37H33F2N5O5/c1-41(36(45)10-4-24-15-27(38)20-28(39)16-24)29-5-9-35(40-21-29)49-30-6-7-31-26(18-30)19-32(42(31)2)37(46)44-13-11-43(12-14-44)22-25-3-8-33-34(17-25)48-23-47-33/h3-10,15-21H,11-14,22-23H2,1-2H3. The van der Waals surface area contributed by atoms with Crippen molar-refractivity contribution in [2.75, 3.05) is 44.9 Å². The first-order chi connectivity index (χ1) is 23.7. The summed E-state index contributed by atoms with van der Waals surface area (Å²) in [6.45, 7) is 3.83. The van der Waals surface area contributed by atoms with Gasteiger partial charge in [-0.25, -0.2) is 13.8 Å². The predicted molar refractivity (Wildman–Crippen MR) is 180 cm³/mol. The molecule has 1 fully saturated rings. The fourth-order valence-electron chi connectivity index (χ4n) is 5.99. The van der Waals surface area contributed by atoms with Crippen LogP contribution in [0.4, 0.5) is 14.5 Å². The number of benzene rings is 3. The third-order valence-electron chi connectivity index (χ3n) is 8.70. The van der Waals surface area contributed by atoms with E-state index < -0.39 is 17.5 Å². The van der Waals surface area contributed by atoms with Gasteiger partial charge in [0.05, 0.1) is 11.9 Å². The Kier molecular flexibility index (Phi) is 8.70. The highest BCUT2D eigenvalue weighted by atomic mass is 19.1. The molecule has 250 valence electrons. The van der Waals surface area contributed by atoms with Gasteiger partial charge in [0.2, 0.25) is 12.7 Å². The number of piperazine rings is 1. The minimum Gasteiger partial charge on any atom is -0.454 e. The van der Waals surface area contributed by atoms with Crippen molar-refractivity contribution in [2.45, 2.75) is 6.54 Å². The Morgan fingerprint density at radius 2 is 1.69 bits per heavy atom. The maximum absolute atomic E-state index is 13.6. The smallest absolute Gasteiger partial charge is 0.270 e. The Morgan fingerprint density at radius 3 is 2.45 bits per heavy atom. The average molecular weight is 666 g/mol. The minimum atomic E-state index is -0.722. The lowest BCUT2D eigenvalue weighted by Gasteiger charge is -2.34. The second-order valence-electron chi connectivity index (χ2n) is 12.0. The summed E-state index contributed by atoms with van der Waals surface area (Å²) in [5.74, 6) is 0.552. The molecule has 0 spiro atoms. The van der Waals surface area contributed by atoms with E-state index >= 15 is 0 Å². The molecule has 2 aromatic heterocycles. The first-order valence-corrected chi connectivity index (χ1v) is 15.8. The van der Waals surface area contributed by atoms with Crippen LogP contribution in [0.25, 0.3) is 17.0 Å². The zero-order valence-corrected chi connectivity index (χ0v) is 26.9. The summed E-state index contributed by atoms with van der Waals surface area (Å²) >= 11 is 0. The highest BCUT2D eigenvalue weighted by molar-refractivity contribution is 6.03. The second kappa shape index (κ2) is 13.4. The van der Waals surface area contributed by atoms with E-state index in [9.17, 15) is 18.4 Å². The first kappa shape index (κ1) is 31.8. The van der Waals surface area contributed by atoms with E-state index in [1.54, 1.807) is 19.2 Å². The van der Waals surface area contributed by atoms with Crippen LogP contribution in [0.5, 0.6) is 23.1 Å². The quantitative estimate of drug-likeness (QED) is 0.188. The van der Waals surface area contributed by atoms with Gasteiger partial charge < -0.3 is 28.6 Å².